The summed E-state index contributed by atoms with van der Waals surface area (Å²) < 4.78 is 1.47. The molecule has 32 heavy (non-hydrogen) atoms. The molecule has 7 heteroatoms. The lowest BCUT2D eigenvalue weighted by Crippen LogP contribution is -2.23. The number of aromatic hydroxyl groups is 1. The first-order valence-electron chi connectivity index (χ1n) is 10.2. The third kappa shape index (κ3) is 3.80. The van der Waals surface area contributed by atoms with Gasteiger partial charge in [0.2, 0.25) is 0 Å². The lowest BCUT2D eigenvalue weighted by molar-refractivity contribution is 0.0952. The predicted molar refractivity (Wildman–Crippen MR) is 126 cm³/mol. The summed E-state index contributed by atoms with van der Waals surface area (Å²) in [6.07, 6.45) is 0. The molecule has 1 heterocycles. The Bertz CT molecular complexity index is 1440. The number of carbonyl (C=O) groups excluding carboxylic acids is 1. The van der Waals surface area contributed by atoms with Gasteiger partial charge in [0.15, 0.2) is 0 Å². The average molecular weight is 428 g/mol. The highest BCUT2D eigenvalue weighted by Crippen LogP contribution is 2.25. The van der Waals surface area contributed by atoms with E-state index in [2.05, 4.69) is 15.6 Å². The van der Waals surface area contributed by atoms with E-state index >= 15 is 0 Å². The van der Waals surface area contributed by atoms with Gasteiger partial charge in [0.05, 0.1) is 22.5 Å². The normalized spacial score (nSPS) is 11.7. The zero-order valence-corrected chi connectivity index (χ0v) is 18.4. The molecule has 1 amide bonds. The maximum Gasteiger partial charge on any atom is 0.280 e. The van der Waals surface area contributed by atoms with E-state index in [0.717, 1.165) is 27.6 Å². The molecule has 0 bridgehead atoms. The standard InChI is InChI=1S/C25H24N4O3/c1-14-9-10-20(11-15(14)2)29-25(32)23(17(4)28-29)16(3)26-27-24(31)21-12-18-7-5-6-8-19(18)13-22(21)30/h5-13,28,30H,1-4H3,(H,27,31)/b26-16-. The average Bonchev–Trinajstić information content (AvgIpc) is 3.07. The maximum atomic E-state index is 13.0. The van der Waals surface area contributed by atoms with Gasteiger partial charge in [-0.25, -0.2) is 10.1 Å². The zero-order valence-electron chi connectivity index (χ0n) is 18.4. The van der Waals surface area contributed by atoms with Crippen LogP contribution in [0.2, 0.25) is 0 Å². The minimum absolute atomic E-state index is 0.110. The molecule has 3 N–H and O–H groups in total. The van der Waals surface area contributed by atoms with Gasteiger partial charge in [-0.1, -0.05) is 30.3 Å². The van der Waals surface area contributed by atoms with Gasteiger partial charge in [0.1, 0.15) is 5.75 Å². The predicted octanol–water partition coefficient (Wildman–Crippen LogP) is 4.10. The smallest absolute Gasteiger partial charge is 0.280 e. The first kappa shape index (κ1) is 21.1. The Morgan fingerprint density at radius 3 is 2.38 bits per heavy atom. The fourth-order valence-corrected chi connectivity index (χ4v) is 3.68. The van der Waals surface area contributed by atoms with E-state index in [-0.39, 0.29) is 16.9 Å². The molecule has 1 aromatic heterocycles. The van der Waals surface area contributed by atoms with Crippen molar-refractivity contribution in [3.8, 4) is 11.4 Å². The van der Waals surface area contributed by atoms with E-state index in [1.165, 1.54) is 4.68 Å². The van der Waals surface area contributed by atoms with Crippen molar-refractivity contribution in [2.45, 2.75) is 27.7 Å². The SMILES string of the molecule is C/C(=N/NC(=O)c1cc2ccccc2cc1O)c1c(C)[nH]n(-c2ccc(C)c(C)c2)c1=O. The Morgan fingerprint density at radius 2 is 1.69 bits per heavy atom. The van der Waals surface area contributed by atoms with Crippen molar-refractivity contribution in [1.82, 2.24) is 15.2 Å². The number of hydrogen-bond donors (Lipinski definition) is 3. The number of phenols is 1. The summed E-state index contributed by atoms with van der Waals surface area (Å²) in [5, 5.41) is 19.1. The number of aromatic amines is 1. The Morgan fingerprint density at radius 1 is 1.00 bits per heavy atom. The van der Waals surface area contributed by atoms with Crippen molar-refractivity contribution >= 4 is 22.4 Å². The summed E-state index contributed by atoms with van der Waals surface area (Å²) >= 11 is 0. The summed E-state index contributed by atoms with van der Waals surface area (Å²) in [4.78, 5) is 25.7. The van der Waals surface area contributed by atoms with E-state index in [1.54, 1.807) is 26.0 Å². The van der Waals surface area contributed by atoms with Gasteiger partial charge in [-0.2, -0.15) is 5.10 Å². The molecular formula is C25H24N4O3. The van der Waals surface area contributed by atoms with Crippen molar-refractivity contribution in [3.05, 3.63) is 92.9 Å². The largest absolute Gasteiger partial charge is 0.507 e. The van der Waals surface area contributed by atoms with Crippen LogP contribution in [0.25, 0.3) is 16.5 Å². The van der Waals surface area contributed by atoms with Gasteiger partial charge in [-0.05, 0) is 73.9 Å². The maximum absolute atomic E-state index is 13.0. The first-order chi connectivity index (χ1) is 15.3. The molecule has 4 aromatic rings. The monoisotopic (exact) mass is 428 g/mol. The Kier molecular flexibility index (Phi) is 5.40. The van der Waals surface area contributed by atoms with Crippen LogP contribution in [0.4, 0.5) is 0 Å². The first-order valence-corrected chi connectivity index (χ1v) is 10.2. The molecule has 0 aliphatic rings. The Hall–Kier alpha value is -4.13. The van der Waals surface area contributed by atoms with Crippen LogP contribution in [0.3, 0.4) is 0 Å². The topological polar surface area (TPSA) is 99.5 Å². The summed E-state index contributed by atoms with van der Waals surface area (Å²) in [7, 11) is 0. The van der Waals surface area contributed by atoms with E-state index < -0.39 is 5.91 Å². The van der Waals surface area contributed by atoms with Gasteiger partial charge in [0.25, 0.3) is 11.5 Å². The van der Waals surface area contributed by atoms with Gasteiger partial charge in [-0.15, -0.1) is 0 Å². The highest BCUT2D eigenvalue weighted by atomic mass is 16.3. The second-order valence-corrected chi connectivity index (χ2v) is 7.88. The summed E-state index contributed by atoms with van der Waals surface area (Å²) in [6, 6.07) is 16.4. The van der Waals surface area contributed by atoms with Crippen LogP contribution in [-0.2, 0) is 0 Å². The van der Waals surface area contributed by atoms with E-state index in [9.17, 15) is 14.7 Å². The van der Waals surface area contributed by atoms with Crippen molar-refractivity contribution in [1.29, 1.82) is 0 Å². The minimum Gasteiger partial charge on any atom is -0.507 e. The van der Waals surface area contributed by atoms with E-state index in [4.69, 9.17) is 0 Å². The van der Waals surface area contributed by atoms with Crippen LogP contribution in [0, 0.1) is 20.8 Å². The molecule has 0 unspecified atom stereocenters. The van der Waals surface area contributed by atoms with Crippen molar-refractivity contribution in [3.63, 3.8) is 0 Å². The zero-order chi connectivity index (χ0) is 23.0. The number of hydrogen-bond acceptors (Lipinski definition) is 4. The second kappa shape index (κ2) is 8.19. The van der Waals surface area contributed by atoms with Crippen LogP contribution in [0.1, 0.15) is 39.7 Å². The molecule has 0 atom stereocenters. The number of hydrazone groups is 1. The summed E-state index contributed by atoms with van der Waals surface area (Å²) in [5.74, 6) is -0.695. The third-order valence-corrected chi connectivity index (χ3v) is 5.62. The Balaban J connectivity index is 1.63. The molecule has 0 aliphatic heterocycles. The van der Waals surface area contributed by atoms with Crippen LogP contribution in [-0.4, -0.2) is 26.5 Å². The fraction of sp³-hybridized carbons (Fsp3) is 0.160. The van der Waals surface area contributed by atoms with Gasteiger partial charge >= 0.3 is 0 Å². The van der Waals surface area contributed by atoms with Crippen LogP contribution in [0.15, 0.2) is 64.5 Å². The number of nitrogens with one attached hydrogen (secondary N) is 2. The number of amides is 1. The molecule has 7 nitrogen and oxygen atoms in total. The fourth-order valence-electron chi connectivity index (χ4n) is 3.68. The number of fused-ring (bicyclic) bond motifs is 1. The lowest BCUT2D eigenvalue weighted by Gasteiger charge is -2.06. The number of nitrogens with zero attached hydrogens (tertiary/aromatic N) is 2. The number of aryl methyl sites for hydroxylation is 3. The molecule has 0 fully saturated rings. The summed E-state index contributed by atoms with van der Waals surface area (Å²) in [5.41, 5.74) is 6.63. The van der Waals surface area contributed by atoms with Gasteiger partial charge in [-0.3, -0.25) is 14.7 Å². The van der Waals surface area contributed by atoms with Crippen LogP contribution >= 0.6 is 0 Å². The lowest BCUT2D eigenvalue weighted by atomic mass is 10.1. The van der Waals surface area contributed by atoms with Gasteiger partial charge in [0, 0.05) is 5.69 Å². The quantitative estimate of drug-likeness (QED) is 0.337. The molecule has 0 spiro atoms. The molecule has 0 aliphatic carbocycles. The highest BCUT2D eigenvalue weighted by molar-refractivity contribution is 6.04. The third-order valence-electron chi connectivity index (χ3n) is 5.62. The molecule has 162 valence electrons. The number of H-pyrrole nitrogens is 1. The van der Waals surface area contributed by atoms with Crippen molar-refractivity contribution < 1.29 is 9.90 Å². The molecule has 4 rings (SSSR count). The Labute approximate surface area is 185 Å². The number of benzene rings is 3. The molecule has 0 saturated heterocycles. The van der Waals surface area contributed by atoms with E-state index in [0.29, 0.717) is 17.0 Å². The number of carbonyl (C=O) groups is 1. The number of phenolic OH excluding ortho intramolecular Hbond substituents is 1. The molecule has 0 saturated carbocycles. The molecule has 3 aromatic carbocycles. The molecular weight excluding hydrogens is 404 g/mol. The van der Waals surface area contributed by atoms with Crippen LogP contribution in [0.5, 0.6) is 5.75 Å². The van der Waals surface area contributed by atoms with Crippen LogP contribution < -0.4 is 11.0 Å². The minimum atomic E-state index is -0.560. The van der Waals surface area contributed by atoms with Crippen molar-refractivity contribution in [2.24, 2.45) is 5.10 Å². The number of aromatic nitrogens is 2. The van der Waals surface area contributed by atoms with Crippen molar-refractivity contribution in [2.75, 3.05) is 0 Å². The summed E-state index contributed by atoms with van der Waals surface area (Å²) in [6.45, 7) is 7.44. The highest BCUT2D eigenvalue weighted by Gasteiger charge is 2.17. The van der Waals surface area contributed by atoms with Gasteiger partial charge < -0.3 is 5.11 Å². The second-order valence-electron chi connectivity index (χ2n) is 7.88. The molecule has 0 radical (unpaired) electrons. The van der Waals surface area contributed by atoms with E-state index in [1.807, 2.05) is 56.3 Å². The number of rotatable bonds is 4.